The fraction of sp³-hybridized carbons (Fsp3) is 0.0769. The van der Waals surface area contributed by atoms with Crippen LogP contribution in [0.5, 0.6) is 0 Å². The van der Waals surface area contributed by atoms with Gasteiger partial charge in [-0.15, -0.1) is 11.3 Å². The maximum absolute atomic E-state index is 9.05. The number of hydrogen-bond acceptors (Lipinski definition) is 4. The number of nitrogens with one attached hydrogen (secondary N) is 1. The van der Waals surface area contributed by atoms with Crippen LogP contribution in [-0.4, -0.2) is 12.3 Å². The molecule has 1 aliphatic heterocycles. The van der Waals surface area contributed by atoms with E-state index in [0.717, 1.165) is 27.9 Å². The number of halogens is 1. The predicted octanol–water partition coefficient (Wildman–Crippen LogP) is 2.66. The number of rotatable bonds is 3. The van der Waals surface area contributed by atoms with Gasteiger partial charge < -0.3 is 5.32 Å². The Morgan fingerprint density at radius 2 is 2.42 bits per heavy atom. The van der Waals surface area contributed by atoms with Crippen LogP contribution in [0.25, 0.3) is 4.48 Å². The molecular weight excluding hydrogens is 321 g/mol. The Hall–Kier alpha value is -1.58. The van der Waals surface area contributed by atoms with Crippen molar-refractivity contribution in [1.29, 1.82) is 5.26 Å². The van der Waals surface area contributed by atoms with E-state index in [2.05, 4.69) is 43.7 Å². The van der Waals surface area contributed by atoms with Crippen molar-refractivity contribution in [2.24, 2.45) is 0 Å². The van der Waals surface area contributed by atoms with Crippen molar-refractivity contribution in [3.05, 3.63) is 45.8 Å². The summed E-state index contributed by atoms with van der Waals surface area (Å²) in [6.45, 7) is 0.754. The summed E-state index contributed by atoms with van der Waals surface area (Å²) in [4.78, 5) is 5.57. The highest BCUT2D eigenvalue weighted by Gasteiger charge is 2.19. The normalized spacial score (nSPS) is 12.3. The van der Waals surface area contributed by atoms with Crippen LogP contribution in [0.15, 0.2) is 29.6 Å². The highest BCUT2D eigenvalue weighted by atomic mass is 79.9. The zero-order chi connectivity index (χ0) is 13.2. The van der Waals surface area contributed by atoms with Crippen LogP contribution in [0.3, 0.4) is 0 Å². The lowest BCUT2D eigenvalue weighted by molar-refractivity contribution is 1.18. The van der Waals surface area contributed by atoms with Crippen LogP contribution in [0.2, 0.25) is 0 Å². The number of fused-ring (bicyclic) bond motifs is 1. The van der Waals surface area contributed by atoms with Crippen LogP contribution < -0.4 is 10.8 Å². The Labute approximate surface area is 124 Å². The number of anilines is 1. The van der Waals surface area contributed by atoms with Gasteiger partial charge in [-0.1, -0.05) is 12.0 Å². The number of thiophene rings is 1. The zero-order valence-corrected chi connectivity index (χ0v) is 12.3. The lowest BCUT2D eigenvalue weighted by Crippen LogP contribution is -2.20. The summed E-state index contributed by atoms with van der Waals surface area (Å²) in [5, 5.41) is 14.5. The van der Waals surface area contributed by atoms with Crippen molar-refractivity contribution in [1.82, 2.24) is 4.98 Å². The van der Waals surface area contributed by atoms with E-state index in [9.17, 15) is 0 Å². The van der Waals surface area contributed by atoms with Crippen LogP contribution in [-0.2, 0) is 6.54 Å². The van der Waals surface area contributed by atoms with Crippen molar-refractivity contribution in [2.45, 2.75) is 6.54 Å². The molecule has 3 rings (SSSR count). The molecule has 91 valence electrons. The molecule has 2 aromatic heterocycles. The SMILES string of the molecule is N#Cc1cc(NCc2cccs2)c2c(n1)C(Br)=C[B]2. The van der Waals surface area contributed by atoms with Gasteiger partial charge in [0.2, 0.25) is 0 Å². The number of hydrogen-bond donors (Lipinski definition) is 1. The Morgan fingerprint density at radius 3 is 3.16 bits per heavy atom. The van der Waals surface area contributed by atoms with Crippen molar-refractivity contribution in [3.8, 4) is 6.07 Å². The van der Waals surface area contributed by atoms with Crippen molar-refractivity contribution < 1.29 is 0 Å². The molecule has 0 aromatic carbocycles. The van der Waals surface area contributed by atoms with Crippen LogP contribution >= 0.6 is 27.3 Å². The fourth-order valence-corrected chi connectivity index (χ4v) is 3.02. The molecule has 0 atom stereocenters. The molecule has 1 N–H and O–H groups in total. The highest BCUT2D eigenvalue weighted by Crippen LogP contribution is 2.25. The highest BCUT2D eigenvalue weighted by molar-refractivity contribution is 9.15. The van der Waals surface area contributed by atoms with E-state index in [1.807, 2.05) is 19.3 Å². The molecule has 3 heterocycles. The topological polar surface area (TPSA) is 48.7 Å². The lowest BCUT2D eigenvalue weighted by Gasteiger charge is -2.11. The average Bonchev–Trinajstić information content (AvgIpc) is 3.06. The molecule has 0 saturated heterocycles. The van der Waals surface area contributed by atoms with Gasteiger partial charge in [-0.2, -0.15) is 5.26 Å². The first kappa shape index (κ1) is 12.5. The maximum atomic E-state index is 9.05. The second kappa shape index (κ2) is 5.20. The Bertz CT molecular complexity index is 689. The van der Waals surface area contributed by atoms with Gasteiger partial charge in [0.15, 0.2) is 7.28 Å². The number of pyridine rings is 1. The summed E-state index contributed by atoms with van der Waals surface area (Å²) < 4.78 is 0.916. The molecule has 0 bridgehead atoms. The van der Waals surface area contributed by atoms with Gasteiger partial charge >= 0.3 is 0 Å². The van der Waals surface area contributed by atoms with Gasteiger partial charge in [0.25, 0.3) is 0 Å². The van der Waals surface area contributed by atoms with Gasteiger partial charge in [0.1, 0.15) is 11.8 Å². The van der Waals surface area contributed by atoms with Crippen LogP contribution in [0.4, 0.5) is 5.69 Å². The van der Waals surface area contributed by atoms with Gasteiger partial charge in [0.05, 0.1) is 5.69 Å². The third-order valence-corrected chi connectivity index (χ3v) is 4.35. The monoisotopic (exact) mass is 328 g/mol. The summed E-state index contributed by atoms with van der Waals surface area (Å²) >= 11 is 5.17. The van der Waals surface area contributed by atoms with E-state index in [1.165, 1.54) is 4.88 Å². The third-order valence-electron chi connectivity index (χ3n) is 2.83. The Kier molecular flexibility index (Phi) is 3.41. The average molecular weight is 329 g/mol. The molecular formula is C13H8BBrN3S. The van der Waals surface area contributed by atoms with Gasteiger partial charge in [-0.05, 0) is 38.9 Å². The standard InChI is InChI=1S/C13H8BBrN3S/c15-10-5-14-12-11(4-8(6-16)18-13(10)12)17-7-9-2-1-3-19-9/h1-5H,7H2,(H,17,18). The molecule has 0 spiro atoms. The minimum absolute atomic E-state index is 0.424. The van der Waals surface area contributed by atoms with E-state index in [4.69, 9.17) is 5.26 Å². The van der Waals surface area contributed by atoms with E-state index >= 15 is 0 Å². The Balaban J connectivity index is 1.91. The number of nitriles is 1. The molecule has 19 heavy (non-hydrogen) atoms. The molecule has 0 aliphatic carbocycles. The van der Waals surface area contributed by atoms with Crippen molar-refractivity contribution >= 4 is 50.2 Å². The largest absolute Gasteiger partial charge is 0.380 e. The maximum Gasteiger partial charge on any atom is 0.188 e. The van der Waals surface area contributed by atoms with Gasteiger partial charge in [-0.25, -0.2) is 4.98 Å². The Morgan fingerprint density at radius 1 is 1.53 bits per heavy atom. The number of nitrogens with zero attached hydrogens (tertiary/aromatic N) is 2. The van der Waals surface area contributed by atoms with Gasteiger partial charge in [-0.3, -0.25) is 0 Å². The first-order valence-electron chi connectivity index (χ1n) is 5.70. The third kappa shape index (κ3) is 2.44. The number of aromatic nitrogens is 1. The summed E-state index contributed by atoms with van der Waals surface area (Å²) in [6.07, 6.45) is 0. The molecule has 6 heteroatoms. The summed E-state index contributed by atoms with van der Waals surface area (Å²) in [6, 6.07) is 8.01. The summed E-state index contributed by atoms with van der Waals surface area (Å²) in [5.41, 5.74) is 3.23. The van der Waals surface area contributed by atoms with E-state index in [-0.39, 0.29) is 0 Å². The minimum atomic E-state index is 0.424. The summed E-state index contributed by atoms with van der Waals surface area (Å²) in [7, 11) is 2.00. The van der Waals surface area contributed by atoms with E-state index in [0.29, 0.717) is 5.69 Å². The van der Waals surface area contributed by atoms with Crippen LogP contribution in [0.1, 0.15) is 16.3 Å². The molecule has 1 radical (unpaired) electrons. The minimum Gasteiger partial charge on any atom is -0.380 e. The van der Waals surface area contributed by atoms with Crippen molar-refractivity contribution in [2.75, 3.05) is 5.32 Å². The van der Waals surface area contributed by atoms with E-state index in [1.54, 1.807) is 17.4 Å². The zero-order valence-electron chi connectivity index (χ0n) is 9.85. The predicted molar refractivity (Wildman–Crippen MR) is 82.9 cm³/mol. The molecule has 1 aliphatic rings. The van der Waals surface area contributed by atoms with Gasteiger partial charge in [0, 0.05) is 21.6 Å². The second-order valence-electron chi connectivity index (χ2n) is 4.04. The molecule has 0 fully saturated rings. The quantitative estimate of drug-likeness (QED) is 0.881. The molecule has 3 nitrogen and oxygen atoms in total. The first-order valence-corrected chi connectivity index (χ1v) is 7.37. The smallest absolute Gasteiger partial charge is 0.188 e. The molecule has 0 amide bonds. The first-order chi connectivity index (χ1) is 9.28. The lowest BCUT2D eigenvalue weighted by atomic mass is 9.73. The fourth-order valence-electron chi connectivity index (χ4n) is 1.94. The second-order valence-corrected chi connectivity index (χ2v) is 5.93. The summed E-state index contributed by atoms with van der Waals surface area (Å²) in [5.74, 6) is 1.95. The van der Waals surface area contributed by atoms with E-state index < -0.39 is 0 Å². The molecule has 0 unspecified atom stereocenters. The molecule has 2 aromatic rings. The molecule has 0 saturated carbocycles. The van der Waals surface area contributed by atoms with Crippen LogP contribution in [0, 0.1) is 11.3 Å². The van der Waals surface area contributed by atoms with Crippen molar-refractivity contribution in [3.63, 3.8) is 0 Å².